The summed E-state index contributed by atoms with van der Waals surface area (Å²) in [4.78, 5) is 23.8. The monoisotopic (exact) mass is 492 g/mol. The number of carbonyl (C=O) groups excluding carboxylic acids is 1. The number of hydrogen-bond donors (Lipinski definition) is 0. The number of ether oxygens (including phenoxy) is 1. The summed E-state index contributed by atoms with van der Waals surface area (Å²) < 4.78 is 8.98. The van der Waals surface area contributed by atoms with E-state index in [0.717, 1.165) is 34.0 Å². The molecule has 0 aliphatic heterocycles. The van der Waals surface area contributed by atoms with E-state index in [-0.39, 0.29) is 24.9 Å². The van der Waals surface area contributed by atoms with E-state index in [9.17, 15) is 4.79 Å². The number of imidazole rings is 1. The first-order valence-electron chi connectivity index (χ1n) is 10.9. The summed E-state index contributed by atoms with van der Waals surface area (Å²) in [7, 11) is 0. The van der Waals surface area contributed by atoms with E-state index in [1.807, 2.05) is 59.3 Å². The Kier molecular flexibility index (Phi) is 7.45. The fourth-order valence-corrected chi connectivity index (χ4v) is 4.88. The van der Waals surface area contributed by atoms with Crippen molar-refractivity contribution in [2.24, 2.45) is 0 Å². The van der Waals surface area contributed by atoms with Gasteiger partial charge in [0.1, 0.15) is 5.75 Å². The molecule has 3 aromatic carbocycles. The first kappa shape index (κ1) is 23.7. The van der Waals surface area contributed by atoms with Crippen molar-refractivity contribution >= 4 is 55.8 Å². The van der Waals surface area contributed by atoms with Gasteiger partial charge in [-0.2, -0.15) is 0 Å². The van der Waals surface area contributed by atoms with Crippen molar-refractivity contribution < 1.29 is 9.53 Å². The van der Waals surface area contributed by atoms with E-state index in [1.54, 1.807) is 17.4 Å². The molecule has 0 bridgehead atoms. The smallest absolute Gasteiger partial charge is 0.266 e. The molecule has 6 nitrogen and oxygen atoms in total. The van der Waals surface area contributed by atoms with E-state index in [1.165, 1.54) is 16.9 Å². The third-order valence-corrected chi connectivity index (χ3v) is 6.55. The lowest BCUT2D eigenvalue weighted by atomic mass is 10.1. The number of thiazole rings is 1. The molecular weight excluding hydrogens is 468 g/mol. The zero-order valence-corrected chi connectivity index (χ0v) is 20.4. The summed E-state index contributed by atoms with van der Waals surface area (Å²) in [5.74, 6) is 0.574. The Bertz CT molecular complexity index is 1400. The van der Waals surface area contributed by atoms with Crippen LogP contribution in [-0.2, 0) is 11.3 Å². The molecule has 2 heterocycles. The number of benzene rings is 3. The summed E-state index contributed by atoms with van der Waals surface area (Å²) in [5, 5.41) is 2.93. The van der Waals surface area contributed by atoms with Crippen molar-refractivity contribution in [1.82, 2.24) is 14.5 Å². The molecule has 34 heavy (non-hydrogen) atoms. The van der Waals surface area contributed by atoms with Crippen LogP contribution in [0.1, 0.15) is 12.0 Å². The number of carbonyl (C=O) groups is 1. The van der Waals surface area contributed by atoms with Crippen LogP contribution in [0.3, 0.4) is 0 Å². The van der Waals surface area contributed by atoms with Gasteiger partial charge in [0.15, 0.2) is 11.7 Å². The standard InChI is InChI=1S/C26H24N4O2S.ClH/c1-19-7-10-23-24(15-19)33-26(28-23)30(13-4-12-29-14-11-27-18-29)25(31)17-32-22-9-8-20-5-2-3-6-21(20)16-22;/h2-3,5-11,14-16,18H,4,12-13,17H2,1H3;1H. The molecular formula is C26H25ClN4O2S. The fourth-order valence-electron chi connectivity index (χ4n) is 3.77. The second-order valence-electron chi connectivity index (χ2n) is 7.96. The molecule has 0 N–H and O–H groups in total. The number of nitrogens with zero attached hydrogens (tertiary/aromatic N) is 4. The van der Waals surface area contributed by atoms with Crippen LogP contribution in [0.4, 0.5) is 5.13 Å². The molecule has 0 atom stereocenters. The van der Waals surface area contributed by atoms with Crippen molar-refractivity contribution in [3.05, 3.63) is 84.9 Å². The minimum absolute atomic E-state index is 0. The molecule has 0 saturated carbocycles. The lowest BCUT2D eigenvalue weighted by Crippen LogP contribution is -2.36. The average molecular weight is 493 g/mol. The highest BCUT2D eigenvalue weighted by molar-refractivity contribution is 7.22. The number of anilines is 1. The third-order valence-electron chi connectivity index (χ3n) is 5.51. The van der Waals surface area contributed by atoms with Crippen LogP contribution in [0.25, 0.3) is 21.0 Å². The van der Waals surface area contributed by atoms with E-state index in [4.69, 9.17) is 9.72 Å². The summed E-state index contributed by atoms with van der Waals surface area (Å²) in [5.41, 5.74) is 2.08. The lowest BCUT2D eigenvalue weighted by molar-refractivity contribution is -0.120. The van der Waals surface area contributed by atoms with Crippen LogP contribution in [0.5, 0.6) is 5.75 Å². The minimum atomic E-state index is -0.107. The van der Waals surface area contributed by atoms with E-state index in [0.29, 0.717) is 17.4 Å². The van der Waals surface area contributed by atoms with Gasteiger partial charge in [0.05, 0.1) is 16.5 Å². The SMILES string of the molecule is Cc1ccc2nc(N(CCCn3ccnc3)C(=O)COc3ccc4ccccc4c3)sc2c1.Cl. The van der Waals surface area contributed by atoms with E-state index < -0.39 is 0 Å². The highest BCUT2D eigenvalue weighted by Crippen LogP contribution is 2.30. The van der Waals surface area contributed by atoms with Gasteiger partial charge < -0.3 is 9.30 Å². The van der Waals surface area contributed by atoms with Gasteiger partial charge in [0.25, 0.3) is 5.91 Å². The Morgan fingerprint density at radius 3 is 2.76 bits per heavy atom. The van der Waals surface area contributed by atoms with Crippen molar-refractivity contribution in [2.75, 3.05) is 18.1 Å². The summed E-state index contributed by atoms with van der Waals surface area (Å²) in [6.07, 6.45) is 6.26. The summed E-state index contributed by atoms with van der Waals surface area (Å²) in [6.45, 7) is 3.35. The Morgan fingerprint density at radius 1 is 1.09 bits per heavy atom. The number of amides is 1. The minimum Gasteiger partial charge on any atom is -0.484 e. The molecule has 1 amide bonds. The highest BCUT2D eigenvalue weighted by Gasteiger charge is 2.20. The average Bonchev–Trinajstić information content (AvgIpc) is 3.49. The van der Waals surface area contributed by atoms with Crippen LogP contribution in [0.2, 0.25) is 0 Å². The van der Waals surface area contributed by atoms with Gasteiger partial charge in [-0.15, -0.1) is 12.4 Å². The molecule has 0 saturated heterocycles. The van der Waals surface area contributed by atoms with Crippen LogP contribution in [0.15, 0.2) is 79.4 Å². The highest BCUT2D eigenvalue weighted by atomic mass is 35.5. The molecule has 0 fully saturated rings. The van der Waals surface area contributed by atoms with Crippen molar-refractivity contribution in [3.8, 4) is 5.75 Å². The number of aromatic nitrogens is 3. The Labute approximate surface area is 208 Å². The van der Waals surface area contributed by atoms with Gasteiger partial charge in [0, 0.05) is 25.5 Å². The van der Waals surface area contributed by atoms with Gasteiger partial charge in [-0.25, -0.2) is 9.97 Å². The predicted molar refractivity (Wildman–Crippen MR) is 140 cm³/mol. The Morgan fingerprint density at radius 2 is 1.94 bits per heavy atom. The Hall–Kier alpha value is -3.42. The number of fused-ring (bicyclic) bond motifs is 2. The normalized spacial score (nSPS) is 10.9. The van der Waals surface area contributed by atoms with Crippen molar-refractivity contribution in [1.29, 1.82) is 0 Å². The quantitative estimate of drug-likeness (QED) is 0.271. The molecule has 174 valence electrons. The zero-order chi connectivity index (χ0) is 22.6. The number of halogens is 1. The van der Waals surface area contributed by atoms with Crippen molar-refractivity contribution in [2.45, 2.75) is 19.9 Å². The predicted octanol–water partition coefficient (Wildman–Crippen LogP) is 5.88. The number of hydrogen-bond acceptors (Lipinski definition) is 5. The molecule has 8 heteroatoms. The first-order valence-corrected chi connectivity index (χ1v) is 11.7. The van der Waals surface area contributed by atoms with E-state index >= 15 is 0 Å². The van der Waals surface area contributed by atoms with Gasteiger partial charge in [0.2, 0.25) is 0 Å². The van der Waals surface area contributed by atoms with Crippen molar-refractivity contribution in [3.63, 3.8) is 0 Å². The van der Waals surface area contributed by atoms with Gasteiger partial charge >= 0.3 is 0 Å². The molecule has 5 rings (SSSR count). The molecule has 0 aliphatic carbocycles. The maximum Gasteiger partial charge on any atom is 0.266 e. The lowest BCUT2D eigenvalue weighted by Gasteiger charge is -2.20. The third kappa shape index (κ3) is 5.38. The van der Waals surface area contributed by atoms with Crippen LogP contribution in [0, 0.1) is 6.92 Å². The molecule has 5 aromatic rings. The van der Waals surface area contributed by atoms with Crippen LogP contribution >= 0.6 is 23.7 Å². The number of aryl methyl sites for hydroxylation is 2. The Balaban J connectivity index is 0.00000274. The van der Waals surface area contributed by atoms with E-state index in [2.05, 4.69) is 24.0 Å². The second kappa shape index (κ2) is 10.7. The topological polar surface area (TPSA) is 60.2 Å². The zero-order valence-electron chi connectivity index (χ0n) is 18.8. The summed E-state index contributed by atoms with van der Waals surface area (Å²) in [6, 6.07) is 20.1. The fraction of sp³-hybridized carbons (Fsp3) is 0.192. The summed E-state index contributed by atoms with van der Waals surface area (Å²) >= 11 is 1.54. The van der Waals surface area contributed by atoms with Gasteiger partial charge in [-0.05, 0) is 53.9 Å². The van der Waals surface area contributed by atoms with Crippen LogP contribution < -0.4 is 9.64 Å². The molecule has 0 unspecified atom stereocenters. The van der Waals surface area contributed by atoms with Crippen LogP contribution in [-0.4, -0.2) is 33.6 Å². The second-order valence-corrected chi connectivity index (χ2v) is 8.97. The largest absolute Gasteiger partial charge is 0.484 e. The maximum atomic E-state index is 13.3. The first-order chi connectivity index (χ1) is 16.2. The number of rotatable bonds is 8. The van der Waals surface area contributed by atoms with Gasteiger partial charge in [-0.1, -0.05) is 47.7 Å². The molecule has 0 radical (unpaired) electrons. The maximum absolute atomic E-state index is 13.3. The van der Waals surface area contributed by atoms with Gasteiger partial charge in [-0.3, -0.25) is 9.69 Å². The molecule has 0 spiro atoms. The molecule has 2 aromatic heterocycles. The molecule has 0 aliphatic rings.